The third-order valence-electron chi connectivity index (χ3n) is 4.18. The first-order valence-electron chi connectivity index (χ1n) is 8.82. The molecule has 0 saturated heterocycles. The van der Waals surface area contributed by atoms with Gasteiger partial charge in [0.05, 0.1) is 4.92 Å². The molecule has 4 aromatic rings. The number of nitrogens with zero attached hydrogens (tertiary/aromatic N) is 5. The number of hydrogen-bond acceptors (Lipinski definition) is 7. The van der Waals surface area contributed by atoms with Gasteiger partial charge < -0.3 is 10.6 Å². The maximum atomic E-state index is 12.4. The van der Waals surface area contributed by atoms with Crippen LogP contribution in [0.4, 0.5) is 22.9 Å². The Hall–Kier alpha value is -4.60. The number of carbonyl (C=O) groups excluding carboxylic acids is 1. The van der Waals surface area contributed by atoms with Gasteiger partial charge in [-0.1, -0.05) is 12.1 Å². The van der Waals surface area contributed by atoms with Crippen molar-refractivity contribution >= 4 is 28.8 Å². The second kappa shape index (κ2) is 8.19. The molecule has 148 valence electrons. The van der Waals surface area contributed by atoms with Crippen molar-refractivity contribution in [3.05, 3.63) is 95.3 Å². The quantitative estimate of drug-likeness (QED) is 0.373. The van der Waals surface area contributed by atoms with E-state index in [9.17, 15) is 14.9 Å². The standard InChI is InChI=1S/C20H15N7O3/c28-20(16-3-1-2-4-17(16)27(29)30)25-15-7-5-14(6-8-15)24-18-11-19(23-12-22-18)26-10-9-21-13-26/h1-13H,(H,25,28)(H,22,23,24). The van der Waals surface area contributed by atoms with Gasteiger partial charge in [-0.15, -0.1) is 0 Å². The Bertz CT molecular complexity index is 1190. The molecule has 0 saturated carbocycles. The summed E-state index contributed by atoms with van der Waals surface area (Å²) in [6.45, 7) is 0. The van der Waals surface area contributed by atoms with Crippen molar-refractivity contribution in [2.24, 2.45) is 0 Å². The predicted octanol–water partition coefficient (Wildman–Crippen LogP) is 3.57. The number of hydrogen-bond donors (Lipinski definition) is 2. The Morgan fingerprint density at radius 2 is 1.80 bits per heavy atom. The van der Waals surface area contributed by atoms with Gasteiger partial charge in [-0.2, -0.15) is 0 Å². The first-order chi connectivity index (χ1) is 14.6. The van der Waals surface area contributed by atoms with Crippen molar-refractivity contribution in [3.8, 4) is 5.82 Å². The summed E-state index contributed by atoms with van der Waals surface area (Å²) in [5.74, 6) is 0.701. The van der Waals surface area contributed by atoms with Crippen LogP contribution in [-0.4, -0.2) is 30.3 Å². The molecule has 2 heterocycles. The van der Waals surface area contributed by atoms with Crippen molar-refractivity contribution in [3.63, 3.8) is 0 Å². The first kappa shape index (κ1) is 18.7. The van der Waals surface area contributed by atoms with Gasteiger partial charge in [-0.05, 0) is 30.3 Å². The van der Waals surface area contributed by atoms with E-state index in [0.717, 1.165) is 5.69 Å². The second-order valence-electron chi connectivity index (χ2n) is 6.16. The Morgan fingerprint density at radius 3 is 2.53 bits per heavy atom. The first-order valence-corrected chi connectivity index (χ1v) is 8.82. The smallest absolute Gasteiger partial charge is 0.282 e. The minimum atomic E-state index is -0.582. The summed E-state index contributed by atoms with van der Waals surface area (Å²) < 4.78 is 1.76. The maximum Gasteiger partial charge on any atom is 0.282 e. The highest BCUT2D eigenvalue weighted by Crippen LogP contribution is 2.21. The molecule has 10 nitrogen and oxygen atoms in total. The molecule has 0 aliphatic heterocycles. The molecule has 10 heteroatoms. The van der Waals surface area contributed by atoms with Crippen molar-refractivity contribution < 1.29 is 9.72 Å². The number of rotatable bonds is 6. The number of imidazole rings is 1. The summed E-state index contributed by atoms with van der Waals surface area (Å²) in [6, 6.07) is 14.5. The fourth-order valence-corrected chi connectivity index (χ4v) is 2.76. The van der Waals surface area contributed by atoms with Crippen LogP contribution < -0.4 is 10.6 Å². The van der Waals surface area contributed by atoms with Crippen LogP contribution in [0, 0.1) is 10.1 Å². The molecular formula is C20H15N7O3. The molecule has 0 radical (unpaired) electrons. The van der Waals surface area contributed by atoms with Gasteiger partial charge in [0.25, 0.3) is 11.6 Å². The van der Waals surface area contributed by atoms with Crippen LogP contribution in [0.15, 0.2) is 79.6 Å². The van der Waals surface area contributed by atoms with E-state index in [2.05, 4.69) is 25.6 Å². The summed E-state index contributed by atoms with van der Waals surface area (Å²) in [5.41, 5.74) is 1.00. The summed E-state index contributed by atoms with van der Waals surface area (Å²) in [5, 5.41) is 16.9. The van der Waals surface area contributed by atoms with Crippen molar-refractivity contribution in [1.82, 2.24) is 19.5 Å². The highest BCUT2D eigenvalue weighted by Gasteiger charge is 2.19. The van der Waals surface area contributed by atoms with Crippen LogP contribution in [0.3, 0.4) is 0 Å². The molecule has 2 aromatic carbocycles. The van der Waals surface area contributed by atoms with Gasteiger partial charge in [0.2, 0.25) is 0 Å². The van der Waals surface area contributed by atoms with E-state index in [4.69, 9.17) is 0 Å². The number of carbonyl (C=O) groups is 1. The molecule has 0 spiro atoms. The lowest BCUT2D eigenvalue weighted by atomic mass is 10.1. The molecule has 0 fully saturated rings. The molecule has 0 bridgehead atoms. The number of nitrogens with one attached hydrogen (secondary N) is 2. The Balaban J connectivity index is 1.46. The van der Waals surface area contributed by atoms with E-state index in [1.54, 1.807) is 59.7 Å². The average molecular weight is 401 g/mol. The lowest BCUT2D eigenvalue weighted by Crippen LogP contribution is -2.13. The van der Waals surface area contributed by atoms with E-state index >= 15 is 0 Å². The number of aromatic nitrogens is 4. The van der Waals surface area contributed by atoms with Gasteiger partial charge in [0.1, 0.15) is 29.9 Å². The molecule has 2 aromatic heterocycles. The molecule has 0 unspecified atom stereocenters. The largest absolute Gasteiger partial charge is 0.340 e. The normalized spacial score (nSPS) is 10.4. The fraction of sp³-hybridized carbons (Fsp3) is 0. The van der Waals surface area contributed by atoms with Gasteiger partial charge in [0.15, 0.2) is 0 Å². The Labute approximate surface area is 170 Å². The maximum absolute atomic E-state index is 12.4. The number of amides is 1. The van der Waals surface area contributed by atoms with Crippen LogP contribution in [-0.2, 0) is 0 Å². The van der Waals surface area contributed by atoms with E-state index in [-0.39, 0.29) is 11.3 Å². The minimum absolute atomic E-state index is 0.00211. The molecule has 0 aliphatic rings. The summed E-state index contributed by atoms with van der Waals surface area (Å²) >= 11 is 0. The van der Waals surface area contributed by atoms with Crippen LogP contribution in [0.25, 0.3) is 5.82 Å². The highest BCUT2D eigenvalue weighted by molar-refractivity contribution is 6.07. The van der Waals surface area contributed by atoms with Crippen molar-refractivity contribution in [2.75, 3.05) is 10.6 Å². The number of anilines is 3. The molecule has 1 amide bonds. The lowest BCUT2D eigenvalue weighted by molar-refractivity contribution is -0.385. The lowest BCUT2D eigenvalue weighted by Gasteiger charge is -2.09. The van der Waals surface area contributed by atoms with Crippen LogP contribution in [0.5, 0.6) is 0 Å². The summed E-state index contributed by atoms with van der Waals surface area (Å²) in [7, 11) is 0. The zero-order valence-corrected chi connectivity index (χ0v) is 15.5. The second-order valence-corrected chi connectivity index (χ2v) is 6.16. The molecule has 2 N–H and O–H groups in total. The third kappa shape index (κ3) is 4.12. The van der Waals surface area contributed by atoms with Gasteiger partial charge in [-0.3, -0.25) is 19.5 Å². The summed E-state index contributed by atoms with van der Waals surface area (Å²) in [4.78, 5) is 35.3. The average Bonchev–Trinajstić information content (AvgIpc) is 3.30. The topological polar surface area (TPSA) is 128 Å². The number of para-hydroxylation sites is 1. The molecular weight excluding hydrogens is 386 g/mol. The third-order valence-corrected chi connectivity index (χ3v) is 4.18. The van der Waals surface area contributed by atoms with Crippen LogP contribution >= 0.6 is 0 Å². The number of nitro benzene ring substituents is 1. The monoisotopic (exact) mass is 401 g/mol. The van der Waals surface area contributed by atoms with E-state index in [1.807, 2.05) is 0 Å². The molecule has 30 heavy (non-hydrogen) atoms. The molecule has 4 rings (SSSR count). The Kier molecular flexibility index (Phi) is 5.12. The fourth-order valence-electron chi connectivity index (χ4n) is 2.76. The SMILES string of the molecule is O=C(Nc1ccc(Nc2cc(-n3ccnc3)ncn2)cc1)c1ccccc1[N+](=O)[O-]. The van der Waals surface area contributed by atoms with E-state index < -0.39 is 10.8 Å². The highest BCUT2D eigenvalue weighted by atomic mass is 16.6. The molecule has 0 atom stereocenters. The molecule has 0 aliphatic carbocycles. The Morgan fingerprint density at radius 1 is 1.03 bits per heavy atom. The number of nitro groups is 1. The van der Waals surface area contributed by atoms with E-state index in [1.165, 1.54) is 24.5 Å². The summed E-state index contributed by atoms with van der Waals surface area (Å²) in [6.07, 6.45) is 6.52. The van der Waals surface area contributed by atoms with Crippen molar-refractivity contribution in [1.29, 1.82) is 0 Å². The van der Waals surface area contributed by atoms with Crippen LogP contribution in [0.2, 0.25) is 0 Å². The van der Waals surface area contributed by atoms with Crippen molar-refractivity contribution in [2.45, 2.75) is 0 Å². The van der Waals surface area contributed by atoms with Gasteiger partial charge in [-0.25, -0.2) is 15.0 Å². The minimum Gasteiger partial charge on any atom is -0.340 e. The van der Waals surface area contributed by atoms with Gasteiger partial charge >= 0.3 is 0 Å². The number of benzene rings is 2. The zero-order chi connectivity index (χ0) is 20.9. The predicted molar refractivity (Wildman–Crippen MR) is 110 cm³/mol. The van der Waals surface area contributed by atoms with E-state index in [0.29, 0.717) is 17.3 Å². The zero-order valence-electron chi connectivity index (χ0n) is 15.5. The van der Waals surface area contributed by atoms with Crippen LogP contribution in [0.1, 0.15) is 10.4 Å². The van der Waals surface area contributed by atoms with Gasteiger partial charge in [0, 0.05) is 35.9 Å².